The topological polar surface area (TPSA) is 102 Å². The molecule has 2 aliphatic heterocycles. The van der Waals surface area contributed by atoms with Gasteiger partial charge in [-0.15, -0.1) is 0 Å². The van der Waals surface area contributed by atoms with Gasteiger partial charge in [0.25, 0.3) is 11.5 Å². The third-order valence-electron chi connectivity index (χ3n) is 9.54. The number of likely N-dealkylation sites (N-methyl/N-ethyl adjacent to an activating group) is 1. The summed E-state index contributed by atoms with van der Waals surface area (Å²) in [6.45, 7) is 11.2. The number of aryl methyl sites for hydroxylation is 1. The normalized spacial score (nSPS) is 17.5. The highest BCUT2D eigenvalue weighted by Crippen LogP contribution is 2.46. The minimum absolute atomic E-state index is 0.0461. The number of phenols is 1. The van der Waals surface area contributed by atoms with Crippen molar-refractivity contribution in [1.29, 1.82) is 0 Å². The number of benzene rings is 2. The summed E-state index contributed by atoms with van der Waals surface area (Å²) in [5, 5.41) is 10.6. The lowest BCUT2D eigenvalue weighted by Gasteiger charge is -2.50. The number of amides is 2. The highest BCUT2D eigenvalue weighted by molar-refractivity contribution is 6.13. The number of halogens is 3. The van der Waals surface area contributed by atoms with Gasteiger partial charge in [-0.1, -0.05) is 26.5 Å². The van der Waals surface area contributed by atoms with E-state index >= 15 is 18.0 Å². The first-order chi connectivity index (χ1) is 23.7. The molecule has 6 rings (SSSR count). The Morgan fingerprint density at radius 1 is 1.08 bits per heavy atom. The van der Waals surface area contributed by atoms with Crippen molar-refractivity contribution in [2.75, 3.05) is 50.1 Å². The number of pyridine rings is 2. The van der Waals surface area contributed by atoms with E-state index in [1.54, 1.807) is 31.0 Å². The van der Waals surface area contributed by atoms with Crippen molar-refractivity contribution < 1.29 is 27.9 Å². The number of hydrogen-bond donors (Lipinski definition) is 1. The Hall–Kier alpha value is -5.17. The quantitative estimate of drug-likeness (QED) is 0.270. The molecule has 0 radical (unpaired) electrons. The van der Waals surface area contributed by atoms with Crippen LogP contribution >= 0.6 is 0 Å². The summed E-state index contributed by atoms with van der Waals surface area (Å²) in [7, 11) is 3.62. The Labute approximate surface area is 287 Å². The van der Waals surface area contributed by atoms with E-state index in [9.17, 15) is 14.7 Å². The van der Waals surface area contributed by atoms with Crippen LogP contribution in [0.1, 0.15) is 37.9 Å². The largest absolute Gasteiger partial charge is 0.507 e. The zero-order valence-corrected chi connectivity index (χ0v) is 28.8. The zero-order valence-electron chi connectivity index (χ0n) is 28.8. The molecule has 1 saturated heterocycles. The summed E-state index contributed by atoms with van der Waals surface area (Å²) in [6.07, 6.45) is 2.74. The van der Waals surface area contributed by atoms with Crippen LogP contribution < -0.4 is 15.4 Å². The molecule has 0 spiro atoms. The first kappa shape index (κ1) is 34.7. The maximum absolute atomic E-state index is 17.4. The molecule has 4 aromatic rings. The second-order valence-corrected chi connectivity index (χ2v) is 13.4. The summed E-state index contributed by atoms with van der Waals surface area (Å²) in [4.78, 5) is 53.4. The molecule has 262 valence electrons. The van der Waals surface area contributed by atoms with Gasteiger partial charge in [-0.3, -0.25) is 23.9 Å². The van der Waals surface area contributed by atoms with Crippen LogP contribution in [0.5, 0.6) is 5.75 Å². The van der Waals surface area contributed by atoms with E-state index in [-0.39, 0.29) is 59.4 Å². The molecule has 2 aromatic heterocycles. The number of aromatic nitrogens is 2. The maximum atomic E-state index is 17.4. The lowest BCUT2D eigenvalue weighted by molar-refractivity contribution is -0.130. The van der Waals surface area contributed by atoms with Crippen molar-refractivity contribution in [3.8, 4) is 22.6 Å². The highest BCUT2D eigenvalue weighted by atomic mass is 19.1. The molecule has 2 aliphatic rings. The van der Waals surface area contributed by atoms with Gasteiger partial charge >= 0.3 is 0 Å². The van der Waals surface area contributed by atoms with E-state index in [0.717, 1.165) is 28.8 Å². The fraction of sp³-hybridized carbons (Fsp3) is 0.351. The van der Waals surface area contributed by atoms with Crippen LogP contribution in [0, 0.1) is 24.4 Å². The van der Waals surface area contributed by atoms with Crippen LogP contribution in [0.15, 0.2) is 54.0 Å². The van der Waals surface area contributed by atoms with Crippen molar-refractivity contribution in [1.82, 2.24) is 19.4 Å². The molecule has 13 heteroatoms. The summed E-state index contributed by atoms with van der Waals surface area (Å²) >= 11 is 0. The second-order valence-electron chi connectivity index (χ2n) is 13.4. The molecule has 50 heavy (non-hydrogen) atoms. The van der Waals surface area contributed by atoms with Crippen molar-refractivity contribution in [2.24, 2.45) is 0 Å². The summed E-state index contributed by atoms with van der Waals surface area (Å²) in [5.74, 6) is -5.29. The van der Waals surface area contributed by atoms with Crippen LogP contribution in [0.25, 0.3) is 27.7 Å². The number of anilines is 2. The number of rotatable bonds is 7. The van der Waals surface area contributed by atoms with Crippen LogP contribution in [-0.2, 0) is 9.59 Å². The van der Waals surface area contributed by atoms with Gasteiger partial charge in [0.05, 0.1) is 40.3 Å². The van der Waals surface area contributed by atoms with Crippen molar-refractivity contribution in [2.45, 2.75) is 45.7 Å². The summed E-state index contributed by atoms with van der Waals surface area (Å²) in [6, 6.07) is 4.53. The molecule has 2 unspecified atom stereocenters. The predicted octanol–water partition coefficient (Wildman–Crippen LogP) is 5.11. The maximum Gasteiger partial charge on any atom is 0.281 e. The Balaban J connectivity index is 1.81. The van der Waals surface area contributed by atoms with E-state index in [1.165, 1.54) is 15.9 Å². The minimum atomic E-state index is -1.28. The van der Waals surface area contributed by atoms with Crippen LogP contribution in [0.4, 0.5) is 24.5 Å². The molecule has 1 fully saturated rings. The fourth-order valence-electron chi connectivity index (χ4n) is 7.14. The third-order valence-corrected chi connectivity index (χ3v) is 9.54. The van der Waals surface area contributed by atoms with Gasteiger partial charge in [-0.2, -0.15) is 0 Å². The minimum Gasteiger partial charge on any atom is -0.507 e. The number of hydrogen-bond acceptors (Lipinski definition) is 7. The van der Waals surface area contributed by atoms with Crippen molar-refractivity contribution in [3.63, 3.8) is 0 Å². The summed E-state index contributed by atoms with van der Waals surface area (Å²) < 4.78 is 50.3. The van der Waals surface area contributed by atoms with Crippen LogP contribution in [-0.4, -0.2) is 88.6 Å². The van der Waals surface area contributed by atoms with Gasteiger partial charge in [0.2, 0.25) is 5.91 Å². The SMILES string of the molecule is C=CC(=O)N1CC2C(=O)N(CCN(C)C)c3c(c4cc(F)c(-c5c(O)cccc5F)c(F)c4n(-c4c(C)ccnc4C(C)C)c3=O)N2CC1C. The predicted molar refractivity (Wildman–Crippen MR) is 187 cm³/mol. The number of piperazine rings is 1. The van der Waals surface area contributed by atoms with Crippen molar-refractivity contribution in [3.05, 3.63) is 88.2 Å². The van der Waals surface area contributed by atoms with E-state index < -0.39 is 57.9 Å². The number of fused-ring (bicyclic) bond motifs is 5. The Morgan fingerprint density at radius 3 is 2.44 bits per heavy atom. The van der Waals surface area contributed by atoms with Gasteiger partial charge in [0.1, 0.15) is 29.1 Å². The molecule has 0 aliphatic carbocycles. The van der Waals surface area contributed by atoms with Gasteiger partial charge in [0, 0.05) is 37.3 Å². The van der Waals surface area contributed by atoms with Crippen molar-refractivity contribution >= 4 is 34.1 Å². The lowest BCUT2D eigenvalue weighted by atomic mass is 9.94. The number of carbonyl (C=O) groups excluding carboxylic acids is 2. The number of carbonyl (C=O) groups is 2. The molecule has 10 nitrogen and oxygen atoms in total. The second kappa shape index (κ2) is 12.9. The standard InChI is InChI=1S/C37H39F3N6O4/c1-8-27(48)44-18-25-36(49)43(15-14-42(6)7)35-34(45(25)17-21(44)5)22-16-24(39)29(28-23(38)10-9-11-26(28)47)30(40)33(22)46(37(35)50)32-20(4)12-13-41-31(32)19(2)3/h8-13,16,19,21,25,47H,1,14-15,17-18H2,2-7H3. The highest BCUT2D eigenvalue weighted by Gasteiger charge is 2.47. The molecule has 2 atom stereocenters. The average molecular weight is 689 g/mol. The Kier molecular flexibility index (Phi) is 8.98. The first-order valence-corrected chi connectivity index (χ1v) is 16.4. The van der Waals surface area contributed by atoms with Gasteiger partial charge in [0.15, 0.2) is 5.82 Å². The van der Waals surface area contributed by atoms with E-state index in [0.29, 0.717) is 17.8 Å². The summed E-state index contributed by atoms with van der Waals surface area (Å²) in [5.41, 5.74) is -1.40. The Morgan fingerprint density at radius 2 is 1.80 bits per heavy atom. The molecule has 2 aromatic carbocycles. The molecule has 0 saturated carbocycles. The monoisotopic (exact) mass is 688 g/mol. The zero-order chi connectivity index (χ0) is 36.3. The number of phenolic OH excluding ortho intramolecular Hbond substituents is 1. The van der Waals surface area contributed by atoms with Gasteiger partial charge < -0.3 is 24.7 Å². The number of aromatic hydroxyl groups is 1. The molecular weight excluding hydrogens is 649 g/mol. The third kappa shape index (κ3) is 5.40. The first-order valence-electron chi connectivity index (χ1n) is 16.4. The average Bonchev–Trinajstić information content (AvgIpc) is 3.05. The molecular formula is C37H39F3N6O4. The van der Waals surface area contributed by atoms with Gasteiger partial charge in [-0.25, -0.2) is 13.2 Å². The lowest BCUT2D eigenvalue weighted by Crippen LogP contribution is -2.67. The fourth-order valence-corrected chi connectivity index (χ4v) is 7.14. The van der Waals surface area contributed by atoms with E-state index in [2.05, 4.69) is 11.6 Å². The molecule has 0 bridgehead atoms. The van der Waals surface area contributed by atoms with E-state index in [1.807, 2.05) is 32.8 Å². The molecule has 1 N–H and O–H groups in total. The van der Waals surface area contributed by atoms with E-state index in [4.69, 9.17) is 0 Å². The Bertz CT molecular complexity index is 2110. The smallest absolute Gasteiger partial charge is 0.281 e. The molecule has 4 heterocycles. The molecule has 2 amide bonds. The van der Waals surface area contributed by atoms with Crippen LogP contribution in [0.3, 0.4) is 0 Å². The van der Waals surface area contributed by atoms with Gasteiger partial charge in [-0.05, 0) is 69.8 Å². The number of nitrogens with zero attached hydrogens (tertiary/aromatic N) is 6. The van der Waals surface area contributed by atoms with Crippen LogP contribution in [0.2, 0.25) is 0 Å².